The first-order chi connectivity index (χ1) is 6.81. The maximum atomic E-state index is 5.88. The maximum absolute atomic E-state index is 5.88. The highest BCUT2D eigenvalue weighted by Gasteiger charge is 2.24. The van der Waals surface area contributed by atoms with E-state index >= 15 is 0 Å². The quantitative estimate of drug-likeness (QED) is 0.734. The van der Waals surface area contributed by atoms with Gasteiger partial charge in [0.05, 0.1) is 0 Å². The summed E-state index contributed by atoms with van der Waals surface area (Å²) in [5, 5.41) is 1.64. The predicted molar refractivity (Wildman–Crippen MR) is 66.8 cm³/mol. The number of rotatable bonds is 6. The van der Waals surface area contributed by atoms with Crippen LogP contribution in [0.1, 0.15) is 52.4 Å². The third kappa shape index (κ3) is 3.47. The van der Waals surface area contributed by atoms with E-state index in [0.29, 0.717) is 5.25 Å². The number of hydrogen-bond acceptors (Lipinski definition) is 2. The fourth-order valence-electron chi connectivity index (χ4n) is 2.45. The number of thioether (sulfide) groups is 1. The van der Waals surface area contributed by atoms with Crippen LogP contribution in [0.2, 0.25) is 0 Å². The van der Waals surface area contributed by atoms with Gasteiger partial charge in [-0.2, -0.15) is 11.8 Å². The van der Waals surface area contributed by atoms with Crippen molar-refractivity contribution in [2.45, 2.75) is 62.9 Å². The average molecular weight is 215 g/mol. The lowest BCUT2D eigenvalue weighted by Crippen LogP contribution is -2.27. The lowest BCUT2D eigenvalue weighted by Gasteiger charge is -2.26. The second-order valence-electron chi connectivity index (χ2n) is 4.39. The molecule has 0 aromatic carbocycles. The van der Waals surface area contributed by atoms with E-state index in [4.69, 9.17) is 5.73 Å². The Balaban J connectivity index is 2.35. The molecule has 0 radical (unpaired) electrons. The Labute approximate surface area is 93.2 Å². The van der Waals surface area contributed by atoms with Crippen molar-refractivity contribution in [3.05, 3.63) is 0 Å². The van der Waals surface area contributed by atoms with Gasteiger partial charge in [-0.1, -0.05) is 39.5 Å². The smallest absolute Gasteiger partial charge is 0.0201 e. The molecule has 1 aliphatic rings. The molecule has 1 unspecified atom stereocenters. The molecule has 0 aromatic rings. The van der Waals surface area contributed by atoms with Crippen LogP contribution in [0.25, 0.3) is 0 Å². The molecule has 0 aromatic heterocycles. The van der Waals surface area contributed by atoms with E-state index in [0.717, 1.165) is 17.7 Å². The summed E-state index contributed by atoms with van der Waals surface area (Å²) in [7, 11) is 0. The third-order valence-electron chi connectivity index (χ3n) is 3.48. The summed E-state index contributed by atoms with van der Waals surface area (Å²) < 4.78 is 0. The molecular weight excluding hydrogens is 190 g/mol. The molecule has 1 aliphatic carbocycles. The van der Waals surface area contributed by atoms with Gasteiger partial charge in [0, 0.05) is 17.0 Å². The molecule has 0 bridgehead atoms. The molecule has 0 amide bonds. The molecule has 14 heavy (non-hydrogen) atoms. The molecule has 1 rings (SSSR count). The van der Waals surface area contributed by atoms with Crippen LogP contribution in [0.5, 0.6) is 0 Å². The molecule has 0 spiro atoms. The van der Waals surface area contributed by atoms with Crippen molar-refractivity contribution in [3.63, 3.8) is 0 Å². The van der Waals surface area contributed by atoms with Gasteiger partial charge in [0.25, 0.3) is 0 Å². The first kappa shape index (κ1) is 12.4. The fourth-order valence-corrected chi connectivity index (χ4v) is 4.26. The van der Waals surface area contributed by atoms with Gasteiger partial charge in [0.2, 0.25) is 0 Å². The van der Waals surface area contributed by atoms with Gasteiger partial charge in [-0.25, -0.2) is 0 Å². The molecule has 2 N–H and O–H groups in total. The molecule has 84 valence electrons. The second kappa shape index (κ2) is 6.73. The zero-order valence-electron chi connectivity index (χ0n) is 9.67. The fraction of sp³-hybridized carbons (Fsp3) is 1.00. The molecule has 0 heterocycles. The lowest BCUT2D eigenvalue weighted by molar-refractivity contribution is 0.474. The van der Waals surface area contributed by atoms with Gasteiger partial charge >= 0.3 is 0 Å². The molecule has 1 saturated carbocycles. The van der Waals surface area contributed by atoms with Crippen molar-refractivity contribution in [1.29, 1.82) is 0 Å². The van der Waals surface area contributed by atoms with Crippen molar-refractivity contribution < 1.29 is 0 Å². The first-order valence-electron chi connectivity index (χ1n) is 6.17. The van der Waals surface area contributed by atoms with Gasteiger partial charge < -0.3 is 5.73 Å². The highest BCUT2D eigenvalue weighted by atomic mass is 32.2. The van der Waals surface area contributed by atoms with Crippen molar-refractivity contribution in [2.75, 3.05) is 6.54 Å². The van der Waals surface area contributed by atoms with E-state index in [1.165, 1.54) is 38.5 Å². The van der Waals surface area contributed by atoms with Crippen LogP contribution in [0.3, 0.4) is 0 Å². The van der Waals surface area contributed by atoms with Gasteiger partial charge in [0.1, 0.15) is 0 Å². The van der Waals surface area contributed by atoms with Crippen molar-refractivity contribution in [2.24, 2.45) is 11.7 Å². The monoisotopic (exact) mass is 215 g/mol. The number of nitrogens with two attached hydrogens (primary N) is 1. The molecule has 0 saturated heterocycles. The molecular formula is C12H25NS. The minimum absolute atomic E-state index is 0.716. The molecule has 1 atom stereocenters. The van der Waals surface area contributed by atoms with E-state index in [9.17, 15) is 0 Å². The molecule has 0 aliphatic heterocycles. The van der Waals surface area contributed by atoms with Gasteiger partial charge in [-0.05, 0) is 18.8 Å². The second-order valence-corrected chi connectivity index (χ2v) is 5.94. The Morgan fingerprint density at radius 3 is 2.21 bits per heavy atom. The minimum Gasteiger partial charge on any atom is -0.329 e. The van der Waals surface area contributed by atoms with E-state index < -0.39 is 0 Å². The predicted octanol–water partition coefficient (Wildman–Crippen LogP) is 3.43. The van der Waals surface area contributed by atoms with Crippen LogP contribution in [0.15, 0.2) is 0 Å². The average Bonchev–Trinajstić information content (AvgIpc) is 2.70. The Hall–Kier alpha value is 0.310. The van der Waals surface area contributed by atoms with Crippen LogP contribution < -0.4 is 5.73 Å². The van der Waals surface area contributed by atoms with Gasteiger partial charge in [-0.15, -0.1) is 0 Å². The van der Waals surface area contributed by atoms with Crippen LogP contribution in [0.4, 0.5) is 0 Å². The Morgan fingerprint density at radius 1 is 1.21 bits per heavy atom. The molecule has 2 heteroatoms. The minimum atomic E-state index is 0.716. The highest BCUT2D eigenvalue weighted by molar-refractivity contribution is 8.00. The summed E-state index contributed by atoms with van der Waals surface area (Å²) in [6, 6.07) is 0. The first-order valence-corrected chi connectivity index (χ1v) is 7.11. The standard InChI is InChI=1S/C12H25NS/c1-3-10(4-2)12(9-13)14-11-7-5-6-8-11/h10-12H,3-9,13H2,1-2H3. The van der Waals surface area contributed by atoms with Crippen molar-refractivity contribution >= 4 is 11.8 Å². The summed E-state index contributed by atoms with van der Waals surface area (Å²) in [4.78, 5) is 0. The third-order valence-corrected chi connectivity index (χ3v) is 5.26. The van der Waals surface area contributed by atoms with Crippen molar-refractivity contribution in [3.8, 4) is 0 Å². The largest absolute Gasteiger partial charge is 0.329 e. The lowest BCUT2D eigenvalue weighted by atomic mass is 9.99. The van der Waals surface area contributed by atoms with Crippen LogP contribution in [-0.4, -0.2) is 17.0 Å². The van der Waals surface area contributed by atoms with Gasteiger partial charge in [-0.3, -0.25) is 0 Å². The normalized spacial score (nSPS) is 20.6. The van der Waals surface area contributed by atoms with E-state index in [1.807, 2.05) is 0 Å². The van der Waals surface area contributed by atoms with E-state index in [2.05, 4.69) is 25.6 Å². The van der Waals surface area contributed by atoms with E-state index in [1.54, 1.807) is 0 Å². The summed E-state index contributed by atoms with van der Waals surface area (Å²) in [5.41, 5.74) is 5.88. The summed E-state index contributed by atoms with van der Waals surface area (Å²) in [6.07, 6.45) is 8.33. The zero-order valence-corrected chi connectivity index (χ0v) is 10.5. The van der Waals surface area contributed by atoms with Gasteiger partial charge in [0.15, 0.2) is 0 Å². The van der Waals surface area contributed by atoms with E-state index in [-0.39, 0.29) is 0 Å². The van der Waals surface area contributed by atoms with Crippen LogP contribution in [-0.2, 0) is 0 Å². The summed E-state index contributed by atoms with van der Waals surface area (Å²) in [5.74, 6) is 0.839. The number of hydrogen-bond donors (Lipinski definition) is 1. The summed E-state index contributed by atoms with van der Waals surface area (Å²) >= 11 is 2.18. The van der Waals surface area contributed by atoms with Crippen LogP contribution in [0, 0.1) is 5.92 Å². The Kier molecular flexibility index (Phi) is 5.95. The molecule has 1 fully saturated rings. The Morgan fingerprint density at radius 2 is 1.79 bits per heavy atom. The summed E-state index contributed by atoms with van der Waals surface area (Å²) in [6.45, 7) is 5.46. The highest BCUT2D eigenvalue weighted by Crippen LogP contribution is 2.35. The maximum Gasteiger partial charge on any atom is 0.0201 e. The Bertz CT molecular complexity index is 139. The molecule has 1 nitrogen and oxygen atoms in total. The topological polar surface area (TPSA) is 26.0 Å². The zero-order chi connectivity index (χ0) is 10.4. The van der Waals surface area contributed by atoms with Crippen molar-refractivity contribution in [1.82, 2.24) is 0 Å². The SMILES string of the molecule is CCC(CC)C(CN)SC1CCCC1. The van der Waals surface area contributed by atoms with Crippen LogP contribution >= 0.6 is 11.8 Å².